The van der Waals surface area contributed by atoms with E-state index in [1.807, 2.05) is 25.3 Å². The van der Waals surface area contributed by atoms with Crippen LogP contribution in [-0.2, 0) is 11.3 Å². The number of imidazole rings is 1. The first-order valence-corrected chi connectivity index (χ1v) is 12.0. The molecular formula is C24H32FN7O2. The number of hydrogen-bond donors (Lipinski definition) is 0. The standard InChI is InChI=1S/C24H32FN7O2/c1-5-16(24(33)31-12-18(25)13-31)8-9-19(6-2)34-23-20-22(28-14-29-23)32(7-3)21(30-20)17-10-26-15(4)27-11-17/h10-11,14,16,18-19H,5-9,12-13H2,1-4H3/t16?,19-/m1/s1. The molecule has 1 aliphatic heterocycles. The molecule has 182 valence electrons. The highest BCUT2D eigenvalue weighted by Crippen LogP contribution is 2.29. The first-order chi connectivity index (χ1) is 16.4. The van der Waals surface area contributed by atoms with Crippen LogP contribution in [0.25, 0.3) is 22.6 Å². The molecule has 0 bridgehead atoms. The van der Waals surface area contributed by atoms with Crippen molar-refractivity contribution in [1.29, 1.82) is 0 Å². The van der Waals surface area contributed by atoms with Gasteiger partial charge in [-0.25, -0.2) is 24.3 Å². The predicted octanol–water partition coefficient (Wildman–Crippen LogP) is 3.76. The van der Waals surface area contributed by atoms with Gasteiger partial charge in [-0.15, -0.1) is 0 Å². The Morgan fingerprint density at radius 1 is 1.12 bits per heavy atom. The first-order valence-electron chi connectivity index (χ1n) is 12.0. The van der Waals surface area contributed by atoms with Crippen LogP contribution in [-0.4, -0.2) is 65.7 Å². The summed E-state index contributed by atoms with van der Waals surface area (Å²) in [6.07, 6.45) is 6.87. The molecule has 3 aromatic rings. The maximum atomic E-state index is 13.2. The molecule has 10 heteroatoms. The zero-order valence-electron chi connectivity index (χ0n) is 20.2. The van der Waals surface area contributed by atoms with Gasteiger partial charge in [-0.3, -0.25) is 4.79 Å². The van der Waals surface area contributed by atoms with Crippen molar-refractivity contribution in [1.82, 2.24) is 34.4 Å². The van der Waals surface area contributed by atoms with Crippen LogP contribution in [0.4, 0.5) is 4.39 Å². The van der Waals surface area contributed by atoms with Crippen molar-refractivity contribution in [2.75, 3.05) is 13.1 Å². The normalized spacial score (nSPS) is 15.9. The van der Waals surface area contributed by atoms with Gasteiger partial charge >= 0.3 is 0 Å². The van der Waals surface area contributed by atoms with Gasteiger partial charge in [-0.1, -0.05) is 13.8 Å². The van der Waals surface area contributed by atoms with Crippen LogP contribution in [0.2, 0.25) is 0 Å². The number of ether oxygens (including phenoxy) is 1. The van der Waals surface area contributed by atoms with Crippen molar-refractivity contribution in [3.8, 4) is 17.3 Å². The van der Waals surface area contributed by atoms with Gasteiger partial charge in [0.25, 0.3) is 0 Å². The van der Waals surface area contributed by atoms with Gasteiger partial charge in [0.1, 0.15) is 30.3 Å². The van der Waals surface area contributed by atoms with Crippen molar-refractivity contribution >= 4 is 17.1 Å². The molecule has 1 amide bonds. The number of aromatic nitrogens is 6. The number of alkyl halides is 1. The molecule has 4 heterocycles. The molecule has 0 N–H and O–H groups in total. The molecule has 1 saturated heterocycles. The summed E-state index contributed by atoms with van der Waals surface area (Å²) in [5.74, 6) is 1.76. The number of fused-ring (bicyclic) bond motifs is 1. The number of rotatable bonds is 10. The lowest BCUT2D eigenvalue weighted by Gasteiger charge is -2.37. The van der Waals surface area contributed by atoms with E-state index in [9.17, 15) is 9.18 Å². The zero-order chi connectivity index (χ0) is 24.2. The molecule has 9 nitrogen and oxygen atoms in total. The van der Waals surface area contributed by atoms with E-state index >= 15 is 0 Å². The molecule has 3 aromatic heterocycles. The third-order valence-electron chi connectivity index (χ3n) is 6.42. The third kappa shape index (κ3) is 4.85. The Kier molecular flexibility index (Phi) is 7.33. The lowest BCUT2D eigenvalue weighted by Crippen LogP contribution is -2.53. The minimum absolute atomic E-state index is 0.0438. The quantitative estimate of drug-likeness (QED) is 0.446. The molecule has 4 rings (SSSR count). The molecule has 0 radical (unpaired) electrons. The van der Waals surface area contributed by atoms with Crippen LogP contribution in [0.3, 0.4) is 0 Å². The summed E-state index contributed by atoms with van der Waals surface area (Å²) < 4.78 is 21.5. The molecule has 2 atom stereocenters. The Morgan fingerprint density at radius 3 is 2.47 bits per heavy atom. The van der Waals surface area contributed by atoms with Crippen LogP contribution in [0.15, 0.2) is 18.7 Å². The van der Waals surface area contributed by atoms with Crippen LogP contribution in [0.5, 0.6) is 5.88 Å². The average molecular weight is 470 g/mol. The monoisotopic (exact) mass is 469 g/mol. The number of carbonyl (C=O) groups is 1. The fourth-order valence-electron chi connectivity index (χ4n) is 4.29. The van der Waals surface area contributed by atoms with E-state index in [0.29, 0.717) is 48.1 Å². The number of aryl methyl sites for hydroxylation is 2. The Balaban J connectivity index is 1.52. The van der Waals surface area contributed by atoms with Gasteiger partial charge in [0.2, 0.25) is 11.8 Å². The smallest absolute Gasteiger partial charge is 0.245 e. The first kappa shape index (κ1) is 24.0. The Morgan fingerprint density at radius 2 is 1.85 bits per heavy atom. The summed E-state index contributed by atoms with van der Waals surface area (Å²) >= 11 is 0. The maximum absolute atomic E-state index is 13.2. The van der Waals surface area contributed by atoms with E-state index in [1.54, 1.807) is 17.3 Å². The third-order valence-corrected chi connectivity index (χ3v) is 6.42. The SMILES string of the molecule is CCC(CC[C@@H](CC)Oc1ncnc2c1nc(-c1cnc(C)nc1)n2CC)C(=O)N1CC(F)C1. The molecular weight excluding hydrogens is 437 g/mol. The van der Waals surface area contributed by atoms with E-state index in [4.69, 9.17) is 9.72 Å². The van der Waals surface area contributed by atoms with Gasteiger partial charge in [0, 0.05) is 24.9 Å². The summed E-state index contributed by atoms with van der Waals surface area (Å²) in [6.45, 7) is 9.03. The van der Waals surface area contributed by atoms with E-state index in [0.717, 1.165) is 18.4 Å². The van der Waals surface area contributed by atoms with Gasteiger partial charge < -0.3 is 14.2 Å². The van der Waals surface area contributed by atoms with Crippen molar-refractivity contribution in [3.05, 3.63) is 24.5 Å². The summed E-state index contributed by atoms with van der Waals surface area (Å²) in [7, 11) is 0. The number of carbonyl (C=O) groups excluding carboxylic acids is 1. The number of halogens is 1. The molecule has 1 unspecified atom stereocenters. The van der Waals surface area contributed by atoms with Crippen LogP contribution >= 0.6 is 0 Å². The van der Waals surface area contributed by atoms with Crippen LogP contribution < -0.4 is 4.74 Å². The maximum Gasteiger partial charge on any atom is 0.245 e. The summed E-state index contributed by atoms with van der Waals surface area (Å²) in [5.41, 5.74) is 2.09. The minimum Gasteiger partial charge on any atom is -0.473 e. The second-order valence-corrected chi connectivity index (χ2v) is 8.72. The lowest BCUT2D eigenvalue weighted by molar-refractivity contribution is -0.143. The van der Waals surface area contributed by atoms with E-state index in [1.165, 1.54) is 6.33 Å². The Bertz CT molecular complexity index is 1130. The van der Waals surface area contributed by atoms with Crippen molar-refractivity contribution in [2.45, 2.75) is 72.2 Å². The highest BCUT2D eigenvalue weighted by Gasteiger charge is 2.34. The molecule has 0 aliphatic carbocycles. The summed E-state index contributed by atoms with van der Waals surface area (Å²) in [6, 6.07) is 0. The fourth-order valence-corrected chi connectivity index (χ4v) is 4.29. The molecule has 0 aromatic carbocycles. The van der Waals surface area contributed by atoms with Crippen LogP contribution in [0.1, 0.15) is 52.3 Å². The number of likely N-dealkylation sites (tertiary alicyclic amines) is 1. The predicted molar refractivity (Wildman–Crippen MR) is 126 cm³/mol. The Hall–Kier alpha value is -3.17. The number of hydrogen-bond acceptors (Lipinski definition) is 7. The summed E-state index contributed by atoms with van der Waals surface area (Å²) in [4.78, 5) is 36.5. The van der Waals surface area contributed by atoms with Crippen molar-refractivity contribution in [3.63, 3.8) is 0 Å². The van der Waals surface area contributed by atoms with Crippen molar-refractivity contribution < 1.29 is 13.9 Å². The molecule has 34 heavy (non-hydrogen) atoms. The summed E-state index contributed by atoms with van der Waals surface area (Å²) in [5, 5.41) is 0. The second-order valence-electron chi connectivity index (χ2n) is 8.72. The van der Waals surface area contributed by atoms with Gasteiger partial charge in [-0.05, 0) is 39.5 Å². The minimum atomic E-state index is -0.882. The van der Waals surface area contributed by atoms with Crippen molar-refractivity contribution in [2.24, 2.45) is 5.92 Å². The molecule has 1 fully saturated rings. The topological polar surface area (TPSA) is 98.9 Å². The van der Waals surface area contributed by atoms with E-state index in [-0.39, 0.29) is 31.0 Å². The van der Waals surface area contributed by atoms with Crippen LogP contribution in [0, 0.1) is 12.8 Å². The van der Waals surface area contributed by atoms with Gasteiger partial charge in [-0.2, -0.15) is 4.98 Å². The molecule has 1 aliphatic rings. The largest absolute Gasteiger partial charge is 0.473 e. The average Bonchev–Trinajstić information content (AvgIpc) is 3.21. The highest BCUT2D eigenvalue weighted by molar-refractivity contribution is 5.81. The fraction of sp³-hybridized carbons (Fsp3) is 0.583. The number of amides is 1. The van der Waals surface area contributed by atoms with E-state index < -0.39 is 6.17 Å². The highest BCUT2D eigenvalue weighted by atomic mass is 19.1. The second kappa shape index (κ2) is 10.4. The zero-order valence-corrected chi connectivity index (χ0v) is 20.2. The Labute approximate surface area is 198 Å². The number of nitrogens with zero attached hydrogens (tertiary/aromatic N) is 7. The molecule has 0 saturated carbocycles. The lowest BCUT2D eigenvalue weighted by atomic mass is 9.94. The van der Waals surface area contributed by atoms with Gasteiger partial charge in [0.05, 0.1) is 18.7 Å². The van der Waals surface area contributed by atoms with Gasteiger partial charge in [0.15, 0.2) is 11.2 Å². The molecule has 0 spiro atoms. The van der Waals surface area contributed by atoms with E-state index in [2.05, 4.69) is 26.9 Å².